The van der Waals surface area contributed by atoms with Gasteiger partial charge in [0.05, 0.1) is 11.8 Å². The van der Waals surface area contributed by atoms with Crippen molar-refractivity contribution in [1.29, 1.82) is 0 Å². The summed E-state index contributed by atoms with van der Waals surface area (Å²) >= 11 is 4.85. The molecule has 0 spiro atoms. The molecular weight excluding hydrogens is 238 g/mol. The van der Waals surface area contributed by atoms with Crippen molar-refractivity contribution in [2.45, 2.75) is 31.7 Å². The largest absolute Gasteiger partial charge is 0.389 e. The van der Waals surface area contributed by atoms with Crippen LogP contribution in [0.25, 0.3) is 0 Å². The Morgan fingerprint density at radius 3 is 2.88 bits per heavy atom. The zero-order chi connectivity index (χ0) is 12.3. The van der Waals surface area contributed by atoms with E-state index in [1.165, 1.54) is 19.0 Å². The smallest absolute Gasteiger partial charge is 0.320 e. The van der Waals surface area contributed by atoms with Gasteiger partial charge in [-0.25, -0.2) is 4.79 Å². The number of aromatic amines is 1. The summed E-state index contributed by atoms with van der Waals surface area (Å²) in [4.78, 5) is 11.9. The topological polar surface area (TPSA) is 95.8 Å². The standard InChI is InChI=1S/C10H15N5OS/c11-8(17)7-5-12-15-9(7)14-10(16)13-6-3-1-2-4-6/h5-6H,1-4H2,(H2,11,17)(H3,12,13,14,15,16). The summed E-state index contributed by atoms with van der Waals surface area (Å²) < 4.78 is 0. The van der Waals surface area contributed by atoms with E-state index in [1.54, 1.807) is 0 Å². The summed E-state index contributed by atoms with van der Waals surface area (Å²) in [6.07, 6.45) is 5.92. The molecule has 92 valence electrons. The fourth-order valence-electron chi connectivity index (χ4n) is 1.97. The lowest BCUT2D eigenvalue weighted by Gasteiger charge is -2.12. The van der Waals surface area contributed by atoms with E-state index in [1.807, 2.05) is 0 Å². The second-order valence-electron chi connectivity index (χ2n) is 4.10. The molecule has 0 aliphatic heterocycles. The van der Waals surface area contributed by atoms with Gasteiger partial charge in [0.25, 0.3) is 0 Å². The second kappa shape index (κ2) is 5.13. The van der Waals surface area contributed by atoms with Gasteiger partial charge < -0.3 is 11.1 Å². The first-order valence-electron chi connectivity index (χ1n) is 5.57. The lowest BCUT2D eigenvalue weighted by molar-refractivity contribution is 0.248. The van der Waals surface area contributed by atoms with Gasteiger partial charge in [-0.1, -0.05) is 25.1 Å². The average Bonchev–Trinajstić information content (AvgIpc) is 2.88. The molecule has 0 atom stereocenters. The third-order valence-electron chi connectivity index (χ3n) is 2.83. The Balaban J connectivity index is 1.93. The van der Waals surface area contributed by atoms with E-state index < -0.39 is 0 Å². The molecule has 1 aliphatic rings. The van der Waals surface area contributed by atoms with Gasteiger partial charge in [0, 0.05) is 6.04 Å². The number of thiocarbonyl (C=S) groups is 1. The minimum Gasteiger partial charge on any atom is -0.389 e. The molecule has 0 radical (unpaired) electrons. The van der Waals surface area contributed by atoms with E-state index in [9.17, 15) is 4.79 Å². The zero-order valence-electron chi connectivity index (χ0n) is 9.32. The molecule has 1 heterocycles. The predicted molar refractivity (Wildman–Crippen MR) is 68.9 cm³/mol. The molecule has 0 aromatic carbocycles. The Kier molecular flexibility index (Phi) is 3.58. The van der Waals surface area contributed by atoms with Crippen LogP contribution in [0.1, 0.15) is 31.2 Å². The summed E-state index contributed by atoms with van der Waals surface area (Å²) in [6.45, 7) is 0. The summed E-state index contributed by atoms with van der Waals surface area (Å²) in [7, 11) is 0. The van der Waals surface area contributed by atoms with Crippen LogP contribution in [0.2, 0.25) is 0 Å². The quantitative estimate of drug-likeness (QED) is 0.607. The summed E-state index contributed by atoms with van der Waals surface area (Å²) in [6, 6.07) is 0.0184. The van der Waals surface area contributed by atoms with E-state index in [2.05, 4.69) is 20.8 Å². The van der Waals surface area contributed by atoms with Crippen LogP contribution in [0.15, 0.2) is 6.20 Å². The van der Waals surface area contributed by atoms with E-state index in [-0.39, 0.29) is 17.1 Å². The summed E-state index contributed by atoms with van der Waals surface area (Å²) in [5.41, 5.74) is 6.04. The van der Waals surface area contributed by atoms with Crippen molar-refractivity contribution in [2.24, 2.45) is 5.73 Å². The molecule has 7 heteroatoms. The highest BCUT2D eigenvalue weighted by molar-refractivity contribution is 7.80. The van der Waals surface area contributed by atoms with E-state index >= 15 is 0 Å². The van der Waals surface area contributed by atoms with Crippen molar-refractivity contribution in [2.75, 3.05) is 5.32 Å². The molecule has 6 nitrogen and oxygen atoms in total. The van der Waals surface area contributed by atoms with Crippen molar-refractivity contribution >= 4 is 29.1 Å². The molecule has 1 fully saturated rings. The maximum atomic E-state index is 11.7. The number of H-pyrrole nitrogens is 1. The van der Waals surface area contributed by atoms with Gasteiger partial charge in [-0.05, 0) is 12.8 Å². The van der Waals surface area contributed by atoms with Crippen molar-refractivity contribution < 1.29 is 4.79 Å². The molecule has 2 rings (SSSR count). The van der Waals surface area contributed by atoms with Crippen LogP contribution in [0.4, 0.5) is 10.6 Å². The van der Waals surface area contributed by atoms with Crippen LogP contribution < -0.4 is 16.4 Å². The number of nitrogens with zero attached hydrogens (tertiary/aromatic N) is 1. The molecule has 0 saturated heterocycles. The molecular formula is C10H15N5OS. The van der Waals surface area contributed by atoms with Crippen LogP contribution >= 0.6 is 12.2 Å². The number of nitrogens with two attached hydrogens (primary N) is 1. The monoisotopic (exact) mass is 253 g/mol. The fraction of sp³-hybridized carbons (Fsp3) is 0.500. The highest BCUT2D eigenvalue weighted by Crippen LogP contribution is 2.18. The molecule has 17 heavy (non-hydrogen) atoms. The van der Waals surface area contributed by atoms with Crippen LogP contribution in [0, 0.1) is 0 Å². The van der Waals surface area contributed by atoms with Gasteiger partial charge in [-0.3, -0.25) is 10.4 Å². The van der Waals surface area contributed by atoms with Gasteiger partial charge in [0.1, 0.15) is 10.8 Å². The van der Waals surface area contributed by atoms with Gasteiger partial charge >= 0.3 is 6.03 Å². The number of anilines is 1. The highest BCUT2D eigenvalue weighted by Gasteiger charge is 2.18. The van der Waals surface area contributed by atoms with Crippen molar-refractivity contribution in [3.63, 3.8) is 0 Å². The third kappa shape index (κ3) is 2.94. The lowest BCUT2D eigenvalue weighted by atomic mass is 10.2. The Bertz CT molecular complexity index is 424. The van der Waals surface area contributed by atoms with Crippen LogP contribution in [-0.2, 0) is 0 Å². The Labute approximate surface area is 104 Å². The molecule has 1 aliphatic carbocycles. The molecule has 2 amide bonds. The number of nitrogens with one attached hydrogen (secondary N) is 3. The lowest BCUT2D eigenvalue weighted by Crippen LogP contribution is -2.36. The number of amides is 2. The zero-order valence-corrected chi connectivity index (χ0v) is 10.1. The molecule has 1 saturated carbocycles. The molecule has 0 bridgehead atoms. The Hall–Kier alpha value is -1.63. The first kappa shape index (κ1) is 11.8. The first-order chi connectivity index (χ1) is 8.16. The predicted octanol–water partition coefficient (Wildman–Crippen LogP) is 1.11. The molecule has 0 unspecified atom stereocenters. The average molecular weight is 253 g/mol. The number of aromatic nitrogens is 2. The molecule has 1 aromatic heterocycles. The number of hydrogen-bond donors (Lipinski definition) is 4. The van der Waals surface area contributed by atoms with Crippen molar-refractivity contribution in [3.8, 4) is 0 Å². The number of urea groups is 1. The summed E-state index contributed by atoms with van der Waals surface area (Å²) in [5, 5.41) is 12.0. The number of hydrogen-bond acceptors (Lipinski definition) is 3. The molecule has 1 aromatic rings. The number of rotatable bonds is 3. The normalized spacial score (nSPS) is 15.8. The maximum absolute atomic E-state index is 11.7. The minimum absolute atomic E-state index is 0.204. The molecule has 5 N–H and O–H groups in total. The second-order valence-corrected chi connectivity index (χ2v) is 4.54. The number of carbonyl (C=O) groups excluding carboxylic acids is 1. The Morgan fingerprint density at radius 1 is 1.53 bits per heavy atom. The van der Waals surface area contributed by atoms with Gasteiger partial charge in [0.15, 0.2) is 0 Å². The minimum atomic E-state index is -0.251. The SMILES string of the molecule is NC(=S)c1cn[nH]c1NC(=O)NC1CCCC1. The maximum Gasteiger partial charge on any atom is 0.320 e. The van der Waals surface area contributed by atoms with Gasteiger partial charge in [-0.15, -0.1) is 0 Å². The van der Waals surface area contributed by atoms with Crippen LogP contribution in [0.3, 0.4) is 0 Å². The fourth-order valence-corrected chi connectivity index (χ4v) is 2.13. The highest BCUT2D eigenvalue weighted by atomic mass is 32.1. The summed E-state index contributed by atoms with van der Waals surface area (Å²) in [5.74, 6) is 0.438. The van der Waals surface area contributed by atoms with Crippen LogP contribution in [-0.4, -0.2) is 27.3 Å². The van der Waals surface area contributed by atoms with Crippen LogP contribution in [0.5, 0.6) is 0 Å². The number of carbonyl (C=O) groups is 1. The first-order valence-corrected chi connectivity index (χ1v) is 5.98. The third-order valence-corrected chi connectivity index (χ3v) is 3.05. The van der Waals surface area contributed by atoms with Gasteiger partial charge in [-0.2, -0.15) is 5.10 Å². The van der Waals surface area contributed by atoms with Crippen molar-refractivity contribution in [1.82, 2.24) is 15.5 Å². The van der Waals surface area contributed by atoms with E-state index in [4.69, 9.17) is 18.0 Å². The Morgan fingerprint density at radius 2 is 2.24 bits per heavy atom. The van der Waals surface area contributed by atoms with E-state index in [0.29, 0.717) is 11.4 Å². The van der Waals surface area contributed by atoms with E-state index in [0.717, 1.165) is 12.8 Å². The van der Waals surface area contributed by atoms with Gasteiger partial charge in [0.2, 0.25) is 0 Å². The van der Waals surface area contributed by atoms with Crippen molar-refractivity contribution in [3.05, 3.63) is 11.8 Å².